The maximum atomic E-state index is 12.3. The van der Waals surface area contributed by atoms with Crippen LogP contribution in [-0.2, 0) is 11.2 Å². The number of fused-ring (bicyclic) bond motifs is 1. The molecule has 0 atom stereocenters. The number of rotatable bonds is 3. The number of amides is 3. The van der Waals surface area contributed by atoms with Crippen LogP contribution in [0.4, 0.5) is 9.59 Å². The van der Waals surface area contributed by atoms with Crippen LogP contribution in [0, 0.1) is 0 Å². The van der Waals surface area contributed by atoms with E-state index in [0.29, 0.717) is 39.1 Å². The van der Waals surface area contributed by atoms with Gasteiger partial charge >= 0.3 is 12.1 Å². The fraction of sp³-hybridized carbons (Fsp3) is 0.526. The van der Waals surface area contributed by atoms with Crippen LogP contribution in [0.15, 0.2) is 30.6 Å². The third kappa shape index (κ3) is 5.12. The second kappa shape index (κ2) is 7.85. The van der Waals surface area contributed by atoms with E-state index in [2.05, 4.69) is 10.3 Å². The summed E-state index contributed by atoms with van der Waals surface area (Å²) >= 11 is 0. The van der Waals surface area contributed by atoms with Gasteiger partial charge in [-0.05, 0) is 32.9 Å². The molecule has 0 radical (unpaired) electrons. The molecule has 1 saturated heterocycles. The van der Waals surface area contributed by atoms with E-state index in [1.807, 2.05) is 55.8 Å². The smallest absolute Gasteiger partial charge is 0.410 e. The van der Waals surface area contributed by atoms with Gasteiger partial charge in [-0.25, -0.2) is 14.6 Å². The Balaban J connectivity index is 1.41. The highest BCUT2D eigenvalue weighted by Gasteiger charge is 2.27. The van der Waals surface area contributed by atoms with Crippen molar-refractivity contribution >= 4 is 17.8 Å². The molecule has 1 aliphatic heterocycles. The van der Waals surface area contributed by atoms with Gasteiger partial charge < -0.3 is 24.3 Å². The fourth-order valence-corrected chi connectivity index (χ4v) is 2.94. The molecule has 0 aromatic carbocycles. The largest absolute Gasteiger partial charge is 0.444 e. The van der Waals surface area contributed by atoms with E-state index in [1.54, 1.807) is 9.80 Å². The van der Waals surface area contributed by atoms with Crippen molar-refractivity contribution < 1.29 is 14.3 Å². The third-order valence-corrected chi connectivity index (χ3v) is 4.29. The van der Waals surface area contributed by atoms with E-state index in [4.69, 9.17) is 4.74 Å². The van der Waals surface area contributed by atoms with E-state index >= 15 is 0 Å². The quantitative estimate of drug-likeness (QED) is 0.894. The van der Waals surface area contributed by atoms with Crippen LogP contribution in [-0.4, -0.2) is 69.6 Å². The van der Waals surface area contributed by atoms with Crippen LogP contribution in [0.2, 0.25) is 0 Å². The zero-order chi connectivity index (χ0) is 19.4. The lowest BCUT2D eigenvalue weighted by Gasteiger charge is -2.35. The van der Waals surface area contributed by atoms with Crippen LogP contribution >= 0.6 is 0 Å². The number of carbonyl (C=O) groups is 2. The van der Waals surface area contributed by atoms with Crippen molar-refractivity contribution in [2.45, 2.75) is 32.8 Å². The molecule has 2 aromatic heterocycles. The van der Waals surface area contributed by atoms with Crippen LogP contribution < -0.4 is 5.32 Å². The van der Waals surface area contributed by atoms with Gasteiger partial charge in [-0.1, -0.05) is 6.07 Å². The topological polar surface area (TPSA) is 79.2 Å². The molecule has 3 amide bonds. The fourth-order valence-electron chi connectivity index (χ4n) is 2.94. The number of imidazole rings is 1. The first-order valence-electron chi connectivity index (χ1n) is 9.25. The van der Waals surface area contributed by atoms with Crippen molar-refractivity contribution in [3.8, 4) is 0 Å². The van der Waals surface area contributed by atoms with Crippen molar-refractivity contribution in [2.75, 3.05) is 32.7 Å². The predicted molar refractivity (Wildman–Crippen MR) is 102 cm³/mol. The highest BCUT2D eigenvalue weighted by molar-refractivity contribution is 5.75. The molecular formula is C19H27N5O3. The highest BCUT2D eigenvalue weighted by atomic mass is 16.6. The molecule has 0 unspecified atom stereocenters. The Morgan fingerprint density at radius 2 is 1.85 bits per heavy atom. The van der Waals surface area contributed by atoms with Gasteiger partial charge in [-0.2, -0.15) is 0 Å². The highest BCUT2D eigenvalue weighted by Crippen LogP contribution is 2.12. The molecule has 0 saturated carbocycles. The molecule has 8 heteroatoms. The van der Waals surface area contributed by atoms with Gasteiger partial charge in [-0.15, -0.1) is 0 Å². The Morgan fingerprint density at radius 3 is 2.52 bits per heavy atom. The standard InChI is InChI=1S/C19H27N5O3/c1-19(2,3)27-18(26)23-12-10-22(11-13-23)17(25)20-8-7-15-14-24-9-5-4-6-16(24)21-15/h4-6,9,14H,7-8,10-13H2,1-3H3,(H,20,25). The first kappa shape index (κ1) is 19.0. The van der Waals surface area contributed by atoms with Crippen LogP contribution in [0.5, 0.6) is 0 Å². The first-order valence-corrected chi connectivity index (χ1v) is 9.25. The minimum absolute atomic E-state index is 0.109. The first-order chi connectivity index (χ1) is 12.8. The van der Waals surface area contributed by atoms with Gasteiger partial charge in [0.2, 0.25) is 0 Å². The number of hydrogen-bond donors (Lipinski definition) is 1. The number of ether oxygens (including phenoxy) is 1. The molecule has 8 nitrogen and oxygen atoms in total. The Kier molecular flexibility index (Phi) is 5.53. The molecule has 0 spiro atoms. The summed E-state index contributed by atoms with van der Waals surface area (Å²) in [4.78, 5) is 32.3. The molecule has 3 rings (SSSR count). The lowest BCUT2D eigenvalue weighted by atomic mass is 10.2. The Bertz CT molecular complexity index is 770. The Morgan fingerprint density at radius 1 is 1.15 bits per heavy atom. The Hall–Kier alpha value is -2.77. The van der Waals surface area contributed by atoms with Gasteiger partial charge in [-0.3, -0.25) is 0 Å². The normalized spacial score (nSPS) is 15.1. The summed E-state index contributed by atoms with van der Waals surface area (Å²) in [5.41, 5.74) is 1.33. The second-order valence-corrected chi connectivity index (χ2v) is 7.63. The Labute approximate surface area is 159 Å². The van der Waals surface area contributed by atoms with E-state index in [9.17, 15) is 9.59 Å². The van der Waals surface area contributed by atoms with Crippen LogP contribution in [0.1, 0.15) is 26.5 Å². The van der Waals surface area contributed by atoms with E-state index in [-0.39, 0.29) is 12.1 Å². The third-order valence-electron chi connectivity index (χ3n) is 4.29. The number of carbonyl (C=O) groups excluding carboxylic acids is 2. The van der Waals surface area contributed by atoms with E-state index < -0.39 is 5.60 Å². The molecular weight excluding hydrogens is 346 g/mol. The summed E-state index contributed by atoms with van der Waals surface area (Å²) in [6, 6.07) is 5.75. The minimum atomic E-state index is -0.510. The summed E-state index contributed by atoms with van der Waals surface area (Å²) in [6.07, 6.45) is 4.27. The van der Waals surface area contributed by atoms with Gasteiger partial charge in [0.15, 0.2) is 0 Å². The van der Waals surface area contributed by atoms with E-state index in [0.717, 1.165) is 11.3 Å². The summed E-state index contributed by atoms with van der Waals surface area (Å²) in [6.45, 7) is 8.02. The zero-order valence-electron chi connectivity index (χ0n) is 16.1. The van der Waals surface area contributed by atoms with E-state index in [1.165, 1.54) is 0 Å². The molecule has 146 valence electrons. The van der Waals surface area contributed by atoms with Gasteiger partial charge in [0.25, 0.3) is 0 Å². The number of urea groups is 1. The predicted octanol–water partition coefficient (Wildman–Crippen LogP) is 2.14. The molecule has 1 fully saturated rings. The number of nitrogens with one attached hydrogen (secondary N) is 1. The molecule has 27 heavy (non-hydrogen) atoms. The average Bonchev–Trinajstić information content (AvgIpc) is 3.03. The number of nitrogens with zero attached hydrogens (tertiary/aromatic N) is 4. The van der Waals surface area contributed by atoms with Crippen molar-refractivity contribution in [1.82, 2.24) is 24.5 Å². The number of pyridine rings is 1. The van der Waals surface area contributed by atoms with Crippen molar-refractivity contribution in [3.63, 3.8) is 0 Å². The van der Waals surface area contributed by atoms with Gasteiger partial charge in [0, 0.05) is 51.5 Å². The van der Waals surface area contributed by atoms with Crippen LogP contribution in [0.3, 0.4) is 0 Å². The number of hydrogen-bond acceptors (Lipinski definition) is 4. The van der Waals surface area contributed by atoms with Gasteiger partial charge in [0.1, 0.15) is 11.2 Å². The summed E-state index contributed by atoms with van der Waals surface area (Å²) in [5, 5.41) is 2.93. The molecule has 1 N–H and O–H groups in total. The number of piperazine rings is 1. The zero-order valence-corrected chi connectivity index (χ0v) is 16.1. The molecule has 2 aromatic rings. The molecule has 1 aliphatic rings. The minimum Gasteiger partial charge on any atom is -0.444 e. The SMILES string of the molecule is CC(C)(C)OC(=O)N1CCN(C(=O)NCCc2cn3ccccc3n2)CC1. The summed E-state index contributed by atoms with van der Waals surface area (Å²) in [5.74, 6) is 0. The molecule has 0 aliphatic carbocycles. The summed E-state index contributed by atoms with van der Waals surface area (Å²) in [7, 11) is 0. The number of aromatic nitrogens is 2. The average molecular weight is 373 g/mol. The summed E-state index contributed by atoms with van der Waals surface area (Å²) < 4.78 is 7.34. The van der Waals surface area contributed by atoms with Crippen molar-refractivity contribution in [1.29, 1.82) is 0 Å². The molecule has 0 bridgehead atoms. The molecule has 3 heterocycles. The lowest BCUT2D eigenvalue weighted by molar-refractivity contribution is 0.0170. The van der Waals surface area contributed by atoms with Crippen molar-refractivity contribution in [3.05, 3.63) is 36.3 Å². The van der Waals surface area contributed by atoms with Gasteiger partial charge in [0.05, 0.1) is 5.69 Å². The monoisotopic (exact) mass is 373 g/mol. The van der Waals surface area contributed by atoms with Crippen LogP contribution in [0.25, 0.3) is 5.65 Å². The second-order valence-electron chi connectivity index (χ2n) is 7.63. The lowest BCUT2D eigenvalue weighted by Crippen LogP contribution is -2.54. The van der Waals surface area contributed by atoms with Crippen molar-refractivity contribution in [2.24, 2.45) is 0 Å². The maximum absolute atomic E-state index is 12.3. The maximum Gasteiger partial charge on any atom is 0.410 e.